The Morgan fingerprint density at radius 1 is 1.25 bits per heavy atom. The van der Waals surface area contributed by atoms with Gasteiger partial charge in [0.2, 0.25) is 5.88 Å². The summed E-state index contributed by atoms with van der Waals surface area (Å²) in [5, 5.41) is 10.6. The summed E-state index contributed by atoms with van der Waals surface area (Å²) in [6.07, 6.45) is 0. The molecule has 84 valence electrons. The molecule has 0 bridgehead atoms. The van der Waals surface area contributed by atoms with Crippen molar-refractivity contribution in [2.75, 3.05) is 5.32 Å². The van der Waals surface area contributed by atoms with E-state index >= 15 is 0 Å². The van der Waals surface area contributed by atoms with Gasteiger partial charge in [-0.3, -0.25) is 10.5 Å². The van der Waals surface area contributed by atoms with Crippen molar-refractivity contribution in [1.29, 1.82) is 0 Å². The molecule has 0 atom stereocenters. The predicted molar refractivity (Wildman–Crippen MR) is 50.1 cm³/mol. The van der Waals surface area contributed by atoms with Crippen LogP contribution in [-0.2, 0) is 0 Å². The van der Waals surface area contributed by atoms with Crippen LogP contribution in [0.25, 0.3) is 11.0 Å². The van der Waals surface area contributed by atoms with Gasteiger partial charge in [-0.25, -0.2) is 19.1 Å². The van der Waals surface area contributed by atoms with Crippen LogP contribution in [0.5, 0.6) is 0 Å². The molecule has 0 unspecified atom stereocenters. The molecule has 0 aliphatic carbocycles. The maximum absolute atomic E-state index is 12.8. The number of carbonyl (C=O) groups excluding carboxylic acids is 1. The van der Waals surface area contributed by atoms with Gasteiger partial charge in [0.1, 0.15) is 5.58 Å². The average molecular weight is 228 g/mol. The second-order valence-electron chi connectivity index (χ2n) is 2.98. The lowest BCUT2D eigenvalue weighted by Crippen LogP contribution is -2.24. The Morgan fingerprint density at radius 3 is 2.62 bits per heavy atom. The van der Waals surface area contributed by atoms with Gasteiger partial charge in [-0.1, -0.05) is 0 Å². The van der Waals surface area contributed by atoms with Crippen LogP contribution in [0.1, 0.15) is 0 Å². The van der Waals surface area contributed by atoms with Crippen LogP contribution in [0.4, 0.5) is 19.5 Å². The molecule has 0 aliphatic rings. The number of rotatable bonds is 1. The summed E-state index contributed by atoms with van der Waals surface area (Å²) in [7, 11) is 0. The third-order valence-corrected chi connectivity index (χ3v) is 1.90. The summed E-state index contributed by atoms with van der Waals surface area (Å²) in [6.45, 7) is 0. The number of furan rings is 1. The lowest BCUT2D eigenvalue weighted by Gasteiger charge is -1.96. The van der Waals surface area contributed by atoms with Gasteiger partial charge < -0.3 is 4.42 Å². The molecule has 2 aromatic rings. The van der Waals surface area contributed by atoms with Gasteiger partial charge in [-0.15, -0.1) is 0 Å². The smallest absolute Gasteiger partial charge is 0.345 e. The number of hydroxylamine groups is 1. The fraction of sp³-hybridized carbons (Fsp3) is 0. The van der Waals surface area contributed by atoms with Gasteiger partial charge in [0.25, 0.3) is 0 Å². The van der Waals surface area contributed by atoms with Crippen molar-refractivity contribution in [1.82, 2.24) is 5.48 Å². The second kappa shape index (κ2) is 3.78. The minimum absolute atomic E-state index is 0.0356. The van der Waals surface area contributed by atoms with E-state index in [0.717, 1.165) is 12.1 Å². The maximum Gasteiger partial charge on any atom is 0.345 e. The fourth-order valence-corrected chi connectivity index (χ4v) is 1.24. The number of halogens is 2. The monoisotopic (exact) mass is 228 g/mol. The molecule has 1 aromatic heterocycles. The average Bonchev–Trinajstić information content (AvgIpc) is 2.60. The highest BCUT2D eigenvalue weighted by molar-refractivity contribution is 5.90. The van der Waals surface area contributed by atoms with Crippen molar-refractivity contribution >= 4 is 22.9 Å². The van der Waals surface area contributed by atoms with Crippen molar-refractivity contribution in [2.24, 2.45) is 0 Å². The number of fused-ring (bicyclic) bond motifs is 1. The molecule has 1 heterocycles. The van der Waals surface area contributed by atoms with Crippen LogP contribution < -0.4 is 10.8 Å². The first-order valence-electron chi connectivity index (χ1n) is 4.20. The molecule has 16 heavy (non-hydrogen) atoms. The van der Waals surface area contributed by atoms with E-state index in [0.29, 0.717) is 5.39 Å². The number of nitrogens with one attached hydrogen (secondary N) is 2. The Morgan fingerprint density at radius 2 is 1.94 bits per heavy atom. The standard InChI is InChI=1S/C9H6F2N2O3/c10-5-1-4-2-8(12-9(14)13-15)16-7(4)3-6(5)11/h1-3,15H,(H2,12,13,14). The highest BCUT2D eigenvalue weighted by Gasteiger charge is 2.10. The number of hydrogen-bond donors (Lipinski definition) is 3. The summed E-state index contributed by atoms with van der Waals surface area (Å²) in [5.41, 5.74) is 1.41. The minimum atomic E-state index is -1.04. The molecule has 1 aromatic carbocycles. The topological polar surface area (TPSA) is 74.5 Å². The van der Waals surface area contributed by atoms with Gasteiger partial charge in [-0.2, -0.15) is 0 Å². The Bertz CT molecular complexity index is 514. The third kappa shape index (κ3) is 1.80. The zero-order valence-electron chi connectivity index (χ0n) is 7.75. The SMILES string of the molecule is O=C(NO)Nc1cc2cc(F)c(F)cc2o1. The molecule has 0 fully saturated rings. The van der Waals surface area contributed by atoms with E-state index in [9.17, 15) is 13.6 Å². The third-order valence-electron chi connectivity index (χ3n) is 1.90. The molecule has 0 aliphatic heterocycles. The van der Waals surface area contributed by atoms with Crippen LogP contribution in [0.2, 0.25) is 0 Å². The molecule has 0 spiro atoms. The number of urea groups is 1. The van der Waals surface area contributed by atoms with E-state index in [1.54, 1.807) is 0 Å². The number of carbonyl (C=O) groups is 1. The molecule has 3 N–H and O–H groups in total. The van der Waals surface area contributed by atoms with Crippen molar-refractivity contribution in [2.45, 2.75) is 0 Å². The minimum Gasteiger partial charge on any atom is -0.440 e. The molecule has 2 rings (SSSR count). The highest BCUT2D eigenvalue weighted by Crippen LogP contribution is 2.25. The van der Waals surface area contributed by atoms with Crippen molar-refractivity contribution in [3.8, 4) is 0 Å². The number of benzene rings is 1. The van der Waals surface area contributed by atoms with Crippen molar-refractivity contribution in [3.63, 3.8) is 0 Å². The van der Waals surface area contributed by atoms with Crippen LogP contribution in [0.3, 0.4) is 0 Å². The molecule has 0 radical (unpaired) electrons. The first-order chi connectivity index (χ1) is 7.60. The number of hydrogen-bond acceptors (Lipinski definition) is 3. The molecule has 5 nitrogen and oxygen atoms in total. The van der Waals surface area contributed by atoms with E-state index < -0.39 is 17.7 Å². The molecule has 0 saturated heterocycles. The van der Waals surface area contributed by atoms with E-state index in [1.165, 1.54) is 11.5 Å². The van der Waals surface area contributed by atoms with Crippen LogP contribution in [-0.4, -0.2) is 11.2 Å². The fourth-order valence-electron chi connectivity index (χ4n) is 1.24. The summed E-state index contributed by atoms with van der Waals surface area (Å²) < 4.78 is 30.6. The lowest BCUT2D eigenvalue weighted by molar-refractivity contribution is 0.171. The number of amides is 2. The normalized spacial score (nSPS) is 10.4. The molecular weight excluding hydrogens is 222 g/mol. The Balaban J connectivity index is 2.40. The molecule has 2 amide bonds. The zero-order valence-corrected chi connectivity index (χ0v) is 7.75. The lowest BCUT2D eigenvalue weighted by atomic mass is 10.2. The maximum atomic E-state index is 12.8. The Kier molecular flexibility index (Phi) is 2.45. The summed E-state index contributed by atoms with van der Waals surface area (Å²) >= 11 is 0. The first kappa shape index (κ1) is 10.4. The predicted octanol–water partition coefficient (Wildman–Crippen LogP) is 2.22. The second-order valence-corrected chi connectivity index (χ2v) is 2.98. The van der Waals surface area contributed by atoms with E-state index in [-0.39, 0.29) is 11.5 Å². The van der Waals surface area contributed by atoms with Gasteiger partial charge in [0.05, 0.1) is 0 Å². The summed E-state index contributed by atoms with van der Waals surface area (Å²) in [4.78, 5) is 10.7. The van der Waals surface area contributed by atoms with E-state index in [1.807, 2.05) is 0 Å². The van der Waals surface area contributed by atoms with Crippen LogP contribution in [0.15, 0.2) is 22.6 Å². The molecule has 0 saturated carbocycles. The highest BCUT2D eigenvalue weighted by atomic mass is 19.2. The summed E-state index contributed by atoms with van der Waals surface area (Å²) in [5.74, 6) is -2.09. The Labute approximate surface area is 87.6 Å². The quantitative estimate of drug-likeness (QED) is 0.517. The van der Waals surface area contributed by atoms with Crippen LogP contribution >= 0.6 is 0 Å². The molecular formula is C9H6F2N2O3. The zero-order chi connectivity index (χ0) is 11.7. The van der Waals surface area contributed by atoms with Gasteiger partial charge >= 0.3 is 6.03 Å². The van der Waals surface area contributed by atoms with E-state index in [2.05, 4.69) is 5.32 Å². The summed E-state index contributed by atoms with van der Waals surface area (Å²) in [6, 6.07) is 2.19. The van der Waals surface area contributed by atoms with Crippen LogP contribution in [0, 0.1) is 11.6 Å². The van der Waals surface area contributed by atoms with Gasteiger partial charge in [-0.05, 0) is 6.07 Å². The van der Waals surface area contributed by atoms with Gasteiger partial charge in [0.15, 0.2) is 11.6 Å². The molecule has 7 heteroatoms. The van der Waals surface area contributed by atoms with E-state index in [4.69, 9.17) is 9.62 Å². The van der Waals surface area contributed by atoms with Crippen molar-refractivity contribution < 1.29 is 23.2 Å². The number of anilines is 1. The van der Waals surface area contributed by atoms with Gasteiger partial charge in [0, 0.05) is 17.5 Å². The van der Waals surface area contributed by atoms with Crippen molar-refractivity contribution in [3.05, 3.63) is 29.8 Å². The largest absolute Gasteiger partial charge is 0.440 e. The Hall–Kier alpha value is -2.15. The first-order valence-corrected chi connectivity index (χ1v) is 4.20.